The zero-order valence-electron chi connectivity index (χ0n) is 9.13. The molecule has 0 aliphatic rings. The molecule has 0 bridgehead atoms. The second kappa shape index (κ2) is 6.19. The van der Waals surface area contributed by atoms with Gasteiger partial charge in [0, 0.05) is 13.1 Å². The summed E-state index contributed by atoms with van der Waals surface area (Å²) >= 11 is 11.7. The Morgan fingerprint density at radius 2 is 2.07 bits per heavy atom. The highest BCUT2D eigenvalue weighted by Crippen LogP contribution is 2.20. The van der Waals surface area contributed by atoms with Gasteiger partial charge in [0.25, 0.3) is 0 Å². The third-order valence-corrected chi connectivity index (χ3v) is 2.83. The number of hydrogen-bond acceptors (Lipinski definition) is 2. The Morgan fingerprint density at radius 1 is 1.33 bits per heavy atom. The van der Waals surface area contributed by atoms with Crippen LogP contribution in [0, 0.1) is 0 Å². The van der Waals surface area contributed by atoms with E-state index in [-0.39, 0.29) is 0 Å². The number of aromatic nitrogens is 1. The van der Waals surface area contributed by atoms with E-state index in [1.165, 1.54) is 0 Å². The van der Waals surface area contributed by atoms with Crippen molar-refractivity contribution in [3.8, 4) is 0 Å². The van der Waals surface area contributed by atoms with Crippen LogP contribution < -0.4 is 4.90 Å². The third kappa shape index (κ3) is 3.25. The molecule has 0 aliphatic carbocycles. The maximum atomic E-state index is 5.96. The summed E-state index contributed by atoms with van der Waals surface area (Å²) in [4.78, 5) is 6.66. The molecule has 1 aromatic rings. The molecule has 0 unspecified atom stereocenters. The van der Waals surface area contributed by atoms with Crippen LogP contribution in [0.25, 0.3) is 0 Å². The first-order valence-electron chi connectivity index (χ1n) is 5.19. The summed E-state index contributed by atoms with van der Waals surface area (Å²) in [6.45, 7) is 6.23. The molecule has 0 saturated heterocycles. The van der Waals surface area contributed by atoms with Crippen molar-refractivity contribution in [3.05, 3.63) is 22.8 Å². The van der Waals surface area contributed by atoms with Crippen LogP contribution >= 0.6 is 23.2 Å². The number of nitrogens with zero attached hydrogens (tertiary/aromatic N) is 2. The zero-order valence-corrected chi connectivity index (χ0v) is 10.6. The van der Waals surface area contributed by atoms with Crippen LogP contribution in [0.1, 0.15) is 26.0 Å². The van der Waals surface area contributed by atoms with Crippen LogP contribution in [0.5, 0.6) is 0 Å². The van der Waals surface area contributed by atoms with Crippen LogP contribution in [-0.2, 0) is 5.88 Å². The molecule has 0 radical (unpaired) electrons. The smallest absolute Gasteiger partial charge is 0.128 e. The largest absolute Gasteiger partial charge is 0.357 e. The van der Waals surface area contributed by atoms with Crippen molar-refractivity contribution in [3.63, 3.8) is 0 Å². The molecular formula is C11H16Cl2N2. The summed E-state index contributed by atoms with van der Waals surface area (Å²) in [6.07, 6.45) is 1.11. The van der Waals surface area contributed by atoms with Gasteiger partial charge in [-0.3, -0.25) is 0 Å². The monoisotopic (exact) mass is 246 g/mol. The van der Waals surface area contributed by atoms with E-state index in [0.717, 1.165) is 31.0 Å². The van der Waals surface area contributed by atoms with E-state index in [1.807, 2.05) is 12.1 Å². The molecule has 0 saturated carbocycles. The SMILES string of the molecule is CCCN(CC)c1ccc(Cl)c(CCl)n1. The number of alkyl halides is 1. The van der Waals surface area contributed by atoms with Gasteiger partial charge in [0.15, 0.2) is 0 Å². The second-order valence-corrected chi connectivity index (χ2v) is 3.99. The molecule has 0 spiro atoms. The van der Waals surface area contributed by atoms with Gasteiger partial charge in [0.05, 0.1) is 16.6 Å². The lowest BCUT2D eigenvalue weighted by Gasteiger charge is -2.21. The fraction of sp³-hybridized carbons (Fsp3) is 0.545. The van der Waals surface area contributed by atoms with E-state index in [0.29, 0.717) is 10.9 Å². The summed E-state index contributed by atoms with van der Waals surface area (Å²) in [5.41, 5.74) is 0.755. The molecule has 4 heteroatoms. The normalized spacial score (nSPS) is 10.4. The minimum atomic E-state index is 0.357. The zero-order chi connectivity index (χ0) is 11.3. The molecule has 1 heterocycles. The lowest BCUT2D eigenvalue weighted by Crippen LogP contribution is -2.24. The average Bonchev–Trinajstić information content (AvgIpc) is 2.27. The fourth-order valence-corrected chi connectivity index (χ4v) is 1.89. The number of anilines is 1. The minimum absolute atomic E-state index is 0.357. The van der Waals surface area contributed by atoms with Crippen molar-refractivity contribution >= 4 is 29.0 Å². The maximum Gasteiger partial charge on any atom is 0.128 e. The molecule has 84 valence electrons. The highest BCUT2D eigenvalue weighted by molar-refractivity contribution is 6.32. The first-order chi connectivity index (χ1) is 7.22. The van der Waals surface area contributed by atoms with Crippen LogP contribution in [0.3, 0.4) is 0 Å². The van der Waals surface area contributed by atoms with Gasteiger partial charge in [0.1, 0.15) is 5.82 Å². The molecule has 15 heavy (non-hydrogen) atoms. The highest BCUT2D eigenvalue weighted by atomic mass is 35.5. The lowest BCUT2D eigenvalue weighted by atomic mass is 10.3. The fourth-order valence-electron chi connectivity index (χ4n) is 1.45. The standard InChI is InChI=1S/C11H16Cl2N2/c1-3-7-15(4-2)11-6-5-9(13)10(8-12)14-11/h5-6H,3-4,7-8H2,1-2H3. The van der Waals surface area contributed by atoms with Crippen LogP contribution in [0.4, 0.5) is 5.82 Å². The van der Waals surface area contributed by atoms with Crippen molar-refractivity contribution in [1.29, 1.82) is 0 Å². The number of rotatable bonds is 5. The summed E-state index contributed by atoms with van der Waals surface area (Å²) in [5, 5.41) is 0.640. The van der Waals surface area contributed by atoms with E-state index in [9.17, 15) is 0 Å². The first kappa shape index (κ1) is 12.6. The lowest BCUT2D eigenvalue weighted by molar-refractivity contribution is 0.776. The Kier molecular flexibility index (Phi) is 5.20. The Hall–Kier alpha value is -0.470. The molecule has 0 N–H and O–H groups in total. The first-order valence-corrected chi connectivity index (χ1v) is 6.10. The Morgan fingerprint density at radius 3 is 2.60 bits per heavy atom. The van der Waals surface area contributed by atoms with Crippen molar-refractivity contribution in [2.24, 2.45) is 0 Å². The van der Waals surface area contributed by atoms with Crippen molar-refractivity contribution in [2.45, 2.75) is 26.1 Å². The van der Waals surface area contributed by atoms with Crippen molar-refractivity contribution < 1.29 is 0 Å². The van der Waals surface area contributed by atoms with Gasteiger partial charge in [-0.15, -0.1) is 11.6 Å². The highest BCUT2D eigenvalue weighted by Gasteiger charge is 2.07. The minimum Gasteiger partial charge on any atom is -0.357 e. The maximum absolute atomic E-state index is 5.96. The van der Waals surface area contributed by atoms with Crippen molar-refractivity contribution in [2.75, 3.05) is 18.0 Å². The van der Waals surface area contributed by atoms with Crippen LogP contribution in [-0.4, -0.2) is 18.1 Å². The molecule has 0 atom stereocenters. The van der Waals surface area contributed by atoms with Crippen LogP contribution in [0.2, 0.25) is 5.02 Å². The number of halogens is 2. The molecule has 1 aromatic heterocycles. The summed E-state index contributed by atoms with van der Waals surface area (Å²) in [7, 11) is 0. The summed E-state index contributed by atoms with van der Waals surface area (Å²) in [5.74, 6) is 1.32. The Labute approximate surface area is 101 Å². The molecule has 2 nitrogen and oxygen atoms in total. The Balaban J connectivity index is 2.92. The van der Waals surface area contributed by atoms with E-state index in [4.69, 9.17) is 23.2 Å². The molecule has 0 aromatic carbocycles. The average molecular weight is 247 g/mol. The van der Waals surface area contributed by atoms with Gasteiger partial charge in [-0.1, -0.05) is 18.5 Å². The van der Waals surface area contributed by atoms with Gasteiger partial charge >= 0.3 is 0 Å². The van der Waals surface area contributed by atoms with Gasteiger partial charge in [-0.2, -0.15) is 0 Å². The predicted octanol–water partition coefficient (Wildman–Crippen LogP) is 3.71. The molecule has 0 amide bonds. The number of hydrogen-bond donors (Lipinski definition) is 0. The second-order valence-electron chi connectivity index (χ2n) is 3.31. The Bertz CT molecular complexity index is 315. The van der Waals surface area contributed by atoms with Gasteiger partial charge in [-0.25, -0.2) is 4.98 Å². The topological polar surface area (TPSA) is 16.1 Å². The molecular weight excluding hydrogens is 231 g/mol. The van der Waals surface area contributed by atoms with E-state index in [1.54, 1.807) is 0 Å². The summed E-state index contributed by atoms with van der Waals surface area (Å²) in [6, 6.07) is 3.80. The summed E-state index contributed by atoms with van der Waals surface area (Å²) < 4.78 is 0. The van der Waals surface area contributed by atoms with E-state index in [2.05, 4.69) is 23.7 Å². The quantitative estimate of drug-likeness (QED) is 0.737. The van der Waals surface area contributed by atoms with E-state index < -0.39 is 0 Å². The molecule has 0 fully saturated rings. The number of pyridine rings is 1. The molecule has 0 aliphatic heterocycles. The van der Waals surface area contributed by atoms with Crippen LogP contribution in [0.15, 0.2) is 12.1 Å². The van der Waals surface area contributed by atoms with Crippen molar-refractivity contribution in [1.82, 2.24) is 4.98 Å². The third-order valence-electron chi connectivity index (χ3n) is 2.23. The van der Waals surface area contributed by atoms with Gasteiger partial charge in [-0.05, 0) is 25.5 Å². The van der Waals surface area contributed by atoms with Gasteiger partial charge in [0.2, 0.25) is 0 Å². The van der Waals surface area contributed by atoms with Gasteiger partial charge < -0.3 is 4.90 Å². The van der Waals surface area contributed by atoms with E-state index >= 15 is 0 Å². The predicted molar refractivity (Wildman–Crippen MR) is 67.0 cm³/mol. The molecule has 1 rings (SSSR count).